The van der Waals surface area contributed by atoms with Gasteiger partial charge in [0.15, 0.2) is 0 Å². The summed E-state index contributed by atoms with van der Waals surface area (Å²) >= 11 is 6.08. The second-order valence-corrected chi connectivity index (χ2v) is 6.47. The number of anilines is 1. The van der Waals surface area contributed by atoms with Crippen molar-refractivity contribution in [1.82, 2.24) is 10.6 Å². The van der Waals surface area contributed by atoms with E-state index in [2.05, 4.69) is 16.0 Å². The maximum atomic E-state index is 12.9. The Kier molecular flexibility index (Phi) is 5.66. The van der Waals surface area contributed by atoms with Crippen LogP contribution in [0.4, 0.5) is 10.5 Å². The molecule has 2 aromatic carbocycles. The van der Waals surface area contributed by atoms with E-state index in [9.17, 15) is 9.59 Å². The SMILES string of the molecule is CCOc1ccc(NC(=O)C2=C(C)NC(=O)N[C@H]2c2cccc(Cl)c2)cc1. The minimum Gasteiger partial charge on any atom is -0.494 e. The number of allylic oxidation sites excluding steroid dienone is 1. The van der Waals surface area contributed by atoms with Crippen molar-refractivity contribution in [3.8, 4) is 5.75 Å². The third-order valence-corrected chi connectivity index (χ3v) is 4.35. The van der Waals surface area contributed by atoms with Crippen molar-refractivity contribution >= 4 is 29.2 Å². The van der Waals surface area contributed by atoms with Gasteiger partial charge in [-0.3, -0.25) is 4.79 Å². The molecule has 6 nitrogen and oxygen atoms in total. The fourth-order valence-electron chi connectivity index (χ4n) is 2.93. The van der Waals surface area contributed by atoms with Crippen LogP contribution < -0.4 is 20.7 Å². The molecule has 3 N–H and O–H groups in total. The number of hydrogen-bond acceptors (Lipinski definition) is 3. The summed E-state index contributed by atoms with van der Waals surface area (Å²) in [5, 5.41) is 8.83. The van der Waals surface area contributed by atoms with Crippen molar-refractivity contribution < 1.29 is 14.3 Å². The topological polar surface area (TPSA) is 79.5 Å². The van der Waals surface area contributed by atoms with E-state index in [1.807, 2.05) is 13.0 Å². The highest BCUT2D eigenvalue weighted by Crippen LogP contribution is 2.29. The smallest absolute Gasteiger partial charge is 0.319 e. The molecular formula is C20H20ClN3O3. The molecule has 2 aromatic rings. The van der Waals surface area contributed by atoms with Gasteiger partial charge in [-0.05, 0) is 55.8 Å². The Morgan fingerprint density at radius 3 is 2.63 bits per heavy atom. The summed E-state index contributed by atoms with van der Waals surface area (Å²) in [7, 11) is 0. The normalized spacial score (nSPS) is 16.4. The van der Waals surface area contributed by atoms with Gasteiger partial charge >= 0.3 is 6.03 Å². The van der Waals surface area contributed by atoms with Crippen LogP contribution in [0.15, 0.2) is 59.8 Å². The first-order chi connectivity index (χ1) is 13.0. The van der Waals surface area contributed by atoms with Crippen molar-refractivity contribution in [2.75, 3.05) is 11.9 Å². The number of amides is 3. The number of carbonyl (C=O) groups excluding carboxylic acids is 2. The van der Waals surface area contributed by atoms with Crippen molar-refractivity contribution in [3.05, 3.63) is 70.4 Å². The average molecular weight is 386 g/mol. The summed E-state index contributed by atoms with van der Waals surface area (Å²) < 4.78 is 5.41. The zero-order chi connectivity index (χ0) is 19.4. The molecule has 0 saturated carbocycles. The molecule has 1 aliphatic heterocycles. The van der Waals surface area contributed by atoms with E-state index in [1.54, 1.807) is 49.4 Å². The summed E-state index contributed by atoms with van der Waals surface area (Å²) in [4.78, 5) is 24.9. The van der Waals surface area contributed by atoms with Gasteiger partial charge in [0.25, 0.3) is 5.91 Å². The molecule has 0 radical (unpaired) electrons. The molecule has 3 amide bonds. The lowest BCUT2D eigenvalue weighted by Crippen LogP contribution is -2.45. The highest BCUT2D eigenvalue weighted by atomic mass is 35.5. The summed E-state index contributed by atoms with van der Waals surface area (Å²) in [5.74, 6) is 0.420. The van der Waals surface area contributed by atoms with E-state index < -0.39 is 6.04 Å². The Balaban J connectivity index is 1.87. The zero-order valence-corrected chi connectivity index (χ0v) is 15.8. The molecule has 0 spiro atoms. The van der Waals surface area contributed by atoms with Crippen LogP contribution in [0.25, 0.3) is 0 Å². The summed E-state index contributed by atoms with van der Waals surface area (Å²) in [6, 6.07) is 13.2. The Morgan fingerprint density at radius 2 is 1.96 bits per heavy atom. The van der Waals surface area contributed by atoms with Crippen molar-refractivity contribution in [2.24, 2.45) is 0 Å². The first kappa shape index (κ1) is 18.8. The van der Waals surface area contributed by atoms with Crippen LogP contribution in [0.3, 0.4) is 0 Å². The van der Waals surface area contributed by atoms with Gasteiger partial charge in [0.2, 0.25) is 0 Å². The van der Waals surface area contributed by atoms with E-state index in [-0.39, 0.29) is 11.9 Å². The molecule has 3 rings (SSSR count). The quantitative estimate of drug-likeness (QED) is 0.727. The maximum Gasteiger partial charge on any atom is 0.319 e. The highest BCUT2D eigenvalue weighted by molar-refractivity contribution is 6.30. The number of rotatable bonds is 5. The van der Waals surface area contributed by atoms with Crippen LogP contribution >= 0.6 is 11.6 Å². The lowest BCUT2D eigenvalue weighted by Gasteiger charge is -2.28. The Labute approximate surface area is 162 Å². The number of urea groups is 1. The first-order valence-corrected chi connectivity index (χ1v) is 8.93. The van der Waals surface area contributed by atoms with E-state index in [4.69, 9.17) is 16.3 Å². The van der Waals surface area contributed by atoms with Gasteiger partial charge in [-0.25, -0.2) is 4.79 Å². The van der Waals surface area contributed by atoms with E-state index >= 15 is 0 Å². The molecule has 0 unspecified atom stereocenters. The van der Waals surface area contributed by atoms with E-state index in [0.29, 0.717) is 28.6 Å². The molecular weight excluding hydrogens is 366 g/mol. The van der Waals surface area contributed by atoms with Crippen LogP contribution in [-0.2, 0) is 4.79 Å². The zero-order valence-electron chi connectivity index (χ0n) is 15.0. The third kappa shape index (κ3) is 4.41. The van der Waals surface area contributed by atoms with Gasteiger partial charge in [0, 0.05) is 16.4 Å². The second-order valence-electron chi connectivity index (χ2n) is 6.04. The molecule has 1 heterocycles. The Morgan fingerprint density at radius 1 is 1.22 bits per heavy atom. The first-order valence-electron chi connectivity index (χ1n) is 8.56. The molecule has 1 atom stereocenters. The highest BCUT2D eigenvalue weighted by Gasteiger charge is 2.31. The molecule has 0 aromatic heterocycles. The number of halogens is 1. The lowest BCUT2D eigenvalue weighted by atomic mass is 9.95. The van der Waals surface area contributed by atoms with Crippen LogP contribution in [0.1, 0.15) is 25.5 Å². The fraction of sp³-hybridized carbons (Fsp3) is 0.200. The molecule has 0 saturated heterocycles. The van der Waals surface area contributed by atoms with Gasteiger partial charge in [-0.15, -0.1) is 0 Å². The predicted molar refractivity (Wildman–Crippen MR) is 105 cm³/mol. The summed E-state index contributed by atoms with van der Waals surface area (Å²) in [6.07, 6.45) is 0. The minimum absolute atomic E-state index is 0.311. The third-order valence-electron chi connectivity index (χ3n) is 4.12. The van der Waals surface area contributed by atoms with Gasteiger partial charge < -0.3 is 20.7 Å². The molecule has 7 heteroatoms. The van der Waals surface area contributed by atoms with Crippen molar-refractivity contribution in [2.45, 2.75) is 19.9 Å². The lowest BCUT2D eigenvalue weighted by molar-refractivity contribution is -0.113. The summed E-state index contributed by atoms with van der Waals surface area (Å²) in [5.41, 5.74) is 2.27. The number of ether oxygens (including phenoxy) is 1. The van der Waals surface area contributed by atoms with Crippen LogP contribution in [0.2, 0.25) is 5.02 Å². The predicted octanol–water partition coefficient (Wildman–Crippen LogP) is 4.01. The number of nitrogens with one attached hydrogen (secondary N) is 3. The minimum atomic E-state index is -0.597. The molecule has 0 bridgehead atoms. The second kappa shape index (κ2) is 8.14. The summed E-state index contributed by atoms with van der Waals surface area (Å²) in [6.45, 7) is 4.18. The Hall–Kier alpha value is -2.99. The maximum absolute atomic E-state index is 12.9. The van der Waals surface area contributed by atoms with Crippen molar-refractivity contribution in [1.29, 1.82) is 0 Å². The van der Waals surface area contributed by atoms with Crippen LogP contribution in [0, 0.1) is 0 Å². The number of benzene rings is 2. The fourth-order valence-corrected chi connectivity index (χ4v) is 3.13. The van der Waals surface area contributed by atoms with Crippen molar-refractivity contribution in [3.63, 3.8) is 0 Å². The van der Waals surface area contributed by atoms with Gasteiger partial charge in [-0.1, -0.05) is 23.7 Å². The molecule has 0 aliphatic carbocycles. The monoisotopic (exact) mass is 385 g/mol. The van der Waals surface area contributed by atoms with Crippen LogP contribution in [0.5, 0.6) is 5.75 Å². The van der Waals surface area contributed by atoms with Gasteiger partial charge in [0.1, 0.15) is 5.75 Å². The number of hydrogen-bond donors (Lipinski definition) is 3. The van der Waals surface area contributed by atoms with Gasteiger partial charge in [0.05, 0.1) is 18.2 Å². The molecule has 0 fully saturated rings. The Bertz CT molecular complexity index is 894. The standard InChI is InChI=1S/C20H20ClN3O3/c1-3-27-16-9-7-15(8-10-16)23-19(25)17-12(2)22-20(26)24-18(17)13-5-4-6-14(21)11-13/h4-11,18H,3H2,1-2H3,(H,23,25)(H2,22,24,26)/t18-/m0/s1. The number of carbonyl (C=O) groups is 2. The van der Waals surface area contributed by atoms with Gasteiger partial charge in [-0.2, -0.15) is 0 Å². The van der Waals surface area contributed by atoms with Crippen LogP contribution in [-0.4, -0.2) is 18.5 Å². The molecule has 1 aliphatic rings. The van der Waals surface area contributed by atoms with E-state index in [1.165, 1.54) is 0 Å². The molecule has 27 heavy (non-hydrogen) atoms. The largest absolute Gasteiger partial charge is 0.494 e. The molecule has 140 valence electrons. The average Bonchev–Trinajstić information content (AvgIpc) is 2.63. The van der Waals surface area contributed by atoms with E-state index in [0.717, 1.165) is 11.3 Å².